The number of halogens is 2. The Labute approximate surface area is 140 Å². The summed E-state index contributed by atoms with van der Waals surface area (Å²) in [4.78, 5) is 11.4. The monoisotopic (exact) mass is 368 g/mol. The van der Waals surface area contributed by atoms with Gasteiger partial charge in [-0.05, 0) is 37.0 Å². The minimum absolute atomic E-state index is 0. The molecular formula is C13H18Cl2N2O4S. The van der Waals surface area contributed by atoms with Crippen LogP contribution in [0.1, 0.15) is 23.2 Å². The van der Waals surface area contributed by atoms with Crippen molar-refractivity contribution in [2.24, 2.45) is 11.7 Å². The lowest BCUT2D eigenvalue weighted by Crippen LogP contribution is -2.38. The van der Waals surface area contributed by atoms with Crippen LogP contribution in [0.15, 0.2) is 23.1 Å². The number of sulfonamides is 1. The van der Waals surface area contributed by atoms with Gasteiger partial charge < -0.3 is 10.5 Å². The molecule has 9 heteroatoms. The number of hydrogen-bond donors (Lipinski definition) is 2. The summed E-state index contributed by atoms with van der Waals surface area (Å²) in [7, 11) is -2.47. The Hall–Kier alpha value is -0.860. The van der Waals surface area contributed by atoms with Gasteiger partial charge >= 0.3 is 5.97 Å². The summed E-state index contributed by atoms with van der Waals surface area (Å²) in [5, 5.41) is 0.0243. The summed E-state index contributed by atoms with van der Waals surface area (Å²) in [6, 6.07) is 3.68. The van der Waals surface area contributed by atoms with E-state index < -0.39 is 16.0 Å². The van der Waals surface area contributed by atoms with Gasteiger partial charge in [0.2, 0.25) is 10.0 Å². The highest BCUT2D eigenvalue weighted by atomic mass is 35.5. The van der Waals surface area contributed by atoms with Crippen molar-refractivity contribution >= 4 is 40.0 Å². The lowest BCUT2D eigenvalue weighted by Gasteiger charge is -2.12. The van der Waals surface area contributed by atoms with Crippen LogP contribution in [0.2, 0.25) is 5.02 Å². The molecule has 3 N–H and O–H groups in total. The second kappa shape index (κ2) is 7.61. The fourth-order valence-corrected chi connectivity index (χ4v) is 3.34. The van der Waals surface area contributed by atoms with E-state index >= 15 is 0 Å². The van der Waals surface area contributed by atoms with Gasteiger partial charge in [0.1, 0.15) is 0 Å². The number of benzene rings is 1. The average Bonchev–Trinajstić information content (AvgIpc) is 3.28. The molecule has 1 aliphatic carbocycles. The molecule has 2 rings (SSSR count). The second-order valence-corrected chi connectivity index (χ2v) is 7.16. The van der Waals surface area contributed by atoms with Gasteiger partial charge in [-0.1, -0.05) is 11.6 Å². The summed E-state index contributed by atoms with van der Waals surface area (Å²) < 4.78 is 31.3. The molecule has 1 saturated carbocycles. The number of rotatable bonds is 6. The van der Waals surface area contributed by atoms with Crippen LogP contribution in [0.3, 0.4) is 0 Å². The molecule has 0 radical (unpaired) electrons. The van der Waals surface area contributed by atoms with Crippen molar-refractivity contribution in [3.8, 4) is 0 Å². The van der Waals surface area contributed by atoms with Gasteiger partial charge in [-0.25, -0.2) is 17.9 Å². The molecule has 0 bridgehead atoms. The largest absolute Gasteiger partial charge is 0.465 e. The maximum Gasteiger partial charge on any atom is 0.339 e. The first-order valence-electron chi connectivity index (χ1n) is 6.48. The topological polar surface area (TPSA) is 98.5 Å². The van der Waals surface area contributed by atoms with Crippen LogP contribution in [0, 0.1) is 5.92 Å². The van der Waals surface area contributed by atoms with Crippen molar-refractivity contribution < 1.29 is 17.9 Å². The highest BCUT2D eigenvalue weighted by Crippen LogP contribution is 2.31. The number of nitrogens with one attached hydrogen (secondary N) is 1. The van der Waals surface area contributed by atoms with E-state index in [1.165, 1.54) is 25.3 Å². The minimum atomic E-state index is -3.70. The van der Waals surface area contributed by atoms with E-state index in [1.807, 2.05) is 0 Å². The molecule has 1 unspecified atom stereocenters. The minimum Gasteiger partial charge on any atom is -0.465 e. The van der Waals surface area contributed by atoms with E-state index in [-0.39, 0.29) is 40.5 Å². The van der Waals surface area contributed by atoms with Crippen molar-refractivity contribution in [3.63, 3.8) is 0 Å². The Bertz CT molecular complexity index is 647. The number of carbonyl (C=O) groups is 1. The van der Waals surface area contributed by atoms with Crippen molar-refractivity contribution in [1.82, 2.24) is 4.72 Å². The predicted octanol–water partition coefficient (Wildman–Crippen LogP) is 1.56. The third-order valence-electron chi connectivity index (χ3n) is 3.39. The average molecular weight is 369 g/mol. The summed E-state index contributed by atoms with van der Waals surface area (Å²) >= 11 is 5.91. The zero-order valence-corrected chi connectivity index (χ0v) is 14.3. The fourth-order valence-electron chi connectivity index (χ4n) is 1.92. The number of hydrogen-bond acceptors (Lipinski definition) is 5. The summed E-state index contributed by atoms with van der Waals surface area (Å²) in [5.74, 6) is -0.217. The lowest BCUT2D eigenvalue weighted by molar-refractivity contribution is 0.0601. The van der Waals surface area contributed by atoms with E-state index in [1.54, 1.807) is 0 Å². The first-order valence-corrected chi connectivity index (χ1v) is 8.34. The zero-order valence-electron chi connectivity index (χ0n) is 11.9. The second-order valence-electron chi connectivity index (χ2n) is 4.99. The van der Waals surface area contributed by atoms with Gasteiger partial charge in [-0.15, -0.1) is 12.4 Å². The van der Waals surface area contributed by atoms with Crippen molar-refractivity contribution in [2.45, 2.75) is 23.8 Å². The SMILES string of the molecule is COC(=O)c1ccc(S(=O)(=O)NCC(N)C2CC2)cc1Cl.Cl. The quantitative estimate of drug-likeness (QED) is 0.742. The summed E-state index contributed by atoms with van der Waals surface area (Å²) in [5.41, 5.74) is 5.98. The number of ether oxygens (including phenoxy) is 1. The normalized spacial score (nSPS) is 15.8. The van der Waals surface area contributed by atoms with E-state index in [0.717, 1.165) is 12.8 Å². The Morgan fingerprint density at radius 2 is 2.14 bits per heavy atom. The molecule has 1 atom stereocenters. The van der Waals surface area contributed by atoms with Crippen LogP contribution in [0.5, 0.6) is 0 Å². The Morgan fingerprint density at radius 1 is 1.50 bits per heavy atom. The fraction of sp³-hybridized carbons (Fsp3) is 0.462. The first kappa shape index (κ1) is 19.2. The van der Waals surface area contributed by atoms with Crippen LogP contribution < -0.4 is 10.5 Å². The molecule has 1 aliphatic rings. The lowest BCUT2D eigenvalue weighted by atomic mass is 10.2. The van der Waals surface area contributed by atoms with Crippen LogP contribution in [0.4, 0.5) is 0 Å². The third-order valence-corrected chi connectivity index (χ3v) is 5.13. The molecule has 0 heterocycles. The van der Waals surface area contributed by atoms with Crippen LogP contribution in [-0.4, -0.2) is 34.1 Å². The molecule has 0 spiro atoms. The number of carbonyl (C=O) groups excluding carboxylic acids is 1. The van der Waals surface area contributed by atoms with Gasteiger partial charge in [0.15, 0.2) is 0 Å². The maximum absolute atomic E-state index is 12.1. The highest BCUT2D eigenvalue weighted by Gasteiger charge is 2.29. The van der Waals surface area contributed by atoms with Gasteiger partial charge in [0.25, 0.3) is 0 Å². The molecule has 1 fully saturated rings. The molecule has 0 aliphatic heterocycles. The Kier molecular flexibility index (Phi) is 6.64. The highest BCUT2D eigenvalue weighted by molar-refractivity contribution is 7.89. The Balaban J connectivity index is 0.00000242. The van der Waals surface area contributed by atoms with Gasteiger partial charge in [0, 0.05) is 12.6 Å². The van der Waals surface area contributed by atoms with Crippen LogP contribution >= 0.6 is 24.0 Å². The van der Waals surface area contributed by atoms with Gasteiger partial charge in [-0.2, -0.15) is 0 Å². The van der Waals surface area contributed by atoms with Crippen LogP contribution in [0.25, 0.3) is 0 Å². The summed E-state index contributed by atoms with van der Waals surface area (Å²) in [6.07, 6.45) is 2.09. The molecule has 22 heavy (non-hydrogen) atoms. The number of esters is 1. The van der Waals surface area contributed by atoms with E-state index in [4.69, 9.17) is 17.3 Å². The number of methoxy groups -OCH3 is 1. The van der Waals surface area contributed by atoms with Gasteiger partial charge in [-0.3, -0.25) is 0 Å². The molecule has 0 saturated heterocycles. The van der Waals surface area contributed by atoms with E-state index in [9.17, 15) is 13.2 Å². The zero-order chi connectivity index (χ0) is 15.6. The van der Waals surface area contributed by atoms with Gasteiger partial charge in [0.05, 0.1) is 22.6 Å². The standard InChI is InChI=1S/C13H17ClN2O4S.ClH/c1-20-13(17)10-5-4-9(6-11(10)14)21(18,19)16-7-12(15)8-2-3-8;/h4-6,8,12,16H,2-3,7,15H2,1H3;1H. The number of nitrogens with two attached hydrogens (primary N) is 1. The molecule has 0 amide bonds. The van der Waals surface area contributed by atoms with E-state index in [0.29, 0.717) is 5.92 Å². The van der Waals surface area contributed by atoms with Crippen LogP contribution in [-0.2, 0) is 14.8 Å². The predicted molar refractivity (Wildman–Crippen MR) is 85.9 cm³/mol. The Morgan fingerprint density at radius 3 is 2.64 bits per heavy atom. The maximum atomic E-state index is 12.1. The van der Waals surface area contributed by atoms with Crippen molar-refractivity contribution in [2.75, 3.05) is 13.7 Å². The molecule has 6 nitrogen and oxygen atoms in total. The molecule has 0 aromatic heterocycles. The third kappa shape index (κ3) is 4.57. The molecule has 124 valence electrons. The first-order chi connectivity index (χ1) is 9.85. The molecule has 1 aromatic carbocycles. The molecular weight excluding hydrogens is 351 g/mol. The smallest absolute Gasteiger partial charge is 0.339 e. The van der Waals surface area contributed by atoms with E-state index in [2.05, 4.69) is 9.46 Å². The molecule has 1 aromatic rings. The van der Waals surface area contributed by atoms with Crippen molar-refractivity contribution in [1.29, 1.82) is 0 Å². The summed E-state index contributed by atoms with van der Waals surface area (Å²) in [6.45, 7) is 0.184. The van der Waals surface area contributed by atoms with Crippen molar-refractivity contribution in [3.05, 3.63) is 28.8 Å².